The Balaban J connectivity index is 1.25. The number of benzene rings is 2. The van der Waals surface area contributed by atoms with Crippen LogP contribution in [-0.2, 0) is 13.0 Å². The van der Waals surface area contributed by atoms with E-state index >= 15 is 0 Å². The van der Waals surface area contributed by atoms with Crippen LogP contribution in [0.1, 0.15) is 46.6 Å². The third-order valence-electron chi connectivity index (χ3n) is 6.61. The van der Waals surface area contributed by atoms with Crippen molar-refractivity contribution in [1.29, 1.82) is 0 Å². The molecule has 0 bridgehead atoms. The Morgan fingerprint density at radius 1 is 1.06 bits per heavy atom. The van der Waals surface area contributed by atoms with Crippen LogP contribution >= 0.6 is 0 Å². The zero-order valence-corrected chi connectivity index (χ0v) is 19.3. The largest absolute Gasteiger partial charge is 0.486 e. The molecule has 1 atom stereocenters. The van der Waals surface area contributed by atoms with Crippen LogP contribution in [0.4, 0.5) is 0 Å². The second-order valence-electron chi connectivity index (χ2n) is 8.86. The van der Waals surface area contributed by atoms with Gasteiger partial charge in [-0.25, -0.2) is 4.63 Å². The van der Waals surface area contributed by atoms with Gasteiger partial charge in [-0.3, -0.25) is 9.78 Å². The van der Waals surface area contributed by atoms with Gasteiger partial charge in [-0.1, -0.05) is 40.6 Å². The molecule has 174 valence electrons. The molecule has 1 unspecified atom stereocenters. The Morgan fingerprint density at radius 3 is 2.79 bits per heavy atom. The molecule has 5 rings (SSSR count). The van der Waals surface area contributed by atoms with E-state index in [-0.39, 0.29) is 12.5 Å². The third-order valence-corrected chi connectivity index (χ3v) is 6.61. The minimum atomic E-state index is 0.0145. The van der Waals surface area contributed by atoms with E-state index in [4.69, 9.17) is 9.37 Å². The molecule has 0 N–H and O–H groups in total. The van der Waals surface area contributed by atoms with Crippen LogP contribution in [0.2, 0.25) is 0 Å². The summed E-state index contributed by atoms with van der Waals surface area (Å²) in [6, 6.07) is 17.8. The van der Waals surface area contributed by atoms with Gasteiger partial charge in [0.05, 0.1) is 11.1 Å². The molecule has 1 aliphatic rings. The van der Waals surface area contributed by atoms with E-state index < -0.39 is 0 Å². The maximum absolute atomic E-state index is 13.4. The second-order valence-corrected chi connectivity index (χ2v) is 8.86. The van der Waals surface area contributed by atoms with E-state index in [1.807, 2.05) is 48.4 Å². The molecule has 1 fully saturated rings. The lowest BCUT2D eigenvalue weighted by Crippen LogP contribution is -2.32. The molecule has 2 aromatic heterocycles. The van der Waals surface area contributed by atoms with Crippen molar-refractivity contribution in [2.24, 2.45) is 5.92 Å². The van der Waals surface area contributed by atoms with E-state index in [2.05, 4.69) is 39.6 Å². The SMILES string of the molecule is Cc1nonc1COc1ccccc1C(=O)N1CCCC(Cc2ccnc3ccccc23)CC1. The summed E-state index contributed by atoms with van der Waals surface area (Å²) in [6.45, 7) is 3.52. The van der Waals surface area contributed by atoms with Crippen molar-refractivity contribution in [3.8, 4) is 5.75 Å². The number of para-hydroxylation sites is 2. The van der Waals surface area contributed by atoms with Gasteiger partial charge in [0.2, 0.25) is 0 Å². The highest BCUT2D eigenvalue weighted by Crippen LogP contribution is 2.28. The fraction of sp³-hybridized carbons (Fsp3) is 0.333. The van der Waals surface area contributed by atoms with Crippen LogP contribution in [0.15, 0.2) is 65.4 Å². The summed E-state index contributed by atoms with van der Waals surface area (Å²) in [5.41, 5.74) is 4.27. The van der Waals surface area contributed by atoms with Crippen LogP contribution in [0, 0.1) is 12.8 Å². The van der Waals surface area contributed by atoms with Crippen molar-refractivity contribution in [3.63, 3.8) is 0 Å². The average Bonchev–Trinajstić information content (AvgIpc) is 3.14. The smallest absolute Gasteiger partial charge is 0.257 e. The van der Waals surface area contributed by atoms with Crippen LogP contribution in [0.5, 0.6) is 5.75 Å². The first kappa shape index (κ1) is 22.1. The van der Waals surface area contributed by atoms with Gasteiger partial charge in [0.15, 0.2) is 0 Å². The summed E-state index contributed by atoms with van der Waals surface area (Å²) in [7, 11) is 0. The normalized spacial score (nSPS) is 16.4. The molecule has 2 aromatic carbocycles. The lowest BCUT2D eigenvalue weighted by atomic mass is 9.91. The molecule has 7 heteroatoms. The second kappa shape index (κ2) is 10.0. The number of aromatic nitrogens is 3. The van der Waals surface area contributed by atoms with Gasteiger partial charge in [0, 0.05) is 24.7 Å². The number of ether oxygens (including phenoxy) is 1. The first-order chi connectivity index (χ1) is 16.7. The fourth-order valence-electron chi connectivity index (χ4n) is 4.68. The van der Waals surface area contributed by atoms with Crippen LogP contribution in [-0.4, -0.2) is 39.2 Å². The maximum atomic E-state index is 13.4. The quantitative estimate of drug-likeness (QED) is 0.407. The first-order valence-corrected chi connectivity index (χ1v) is 11.8. The number of amides is 1. The van der Waals surface area contributed by atoms with E-state index in [9.17, 15) is 4.79 Å². The van der Waals surface area contributed by atoms with Crippen LogP contribution in [0.25, 0.3) is 10.9 Å². The molecular formula is C27H28N4O3. The van der Waals surface area contributed by atoms with Crippen LogP contribution < -0.4 is 4.74 Å². The standard InChI is InChI=1S/C27H28N4O3/c1-19-25(30-34-29-19)18-33-26-11-5-3-9-23(26)27(32)31-15-6-7-20(13-16-31)17-21-12-14-28-24-10-4-2-8-22(21)24/h2-5,8-12,14,20H,6-7,13,15-18H2,1H3. The van der Waals surface area contributed by atoms with Crippen molar-refractivity contribution in [2.45, 2.75) is 39.2 Å². The van der Waals surface area contributed by atoms with Crippen molar-refractivity contribution in [3.05, 3.63) is 83.3 Å². The molecule has 0 saturated carbocycles. The summed E-state index contributed by atoms with van der Waals surface area (Å²) >= 11 is 0. The molecule has 1 aliphatic heterocycles. The summed E-state index contributed by atoms with van der Waals surface area (Å²) < 4.78 is 10.7. The monoisotopic (exact) mass is 456 g/mol. The van der Waals surface area contributed by atoms with E-state index in [0.717, 1.165) is 44.3 Å². The zero-order valence-electron chi connectivity index (χ0n) is 19.3. The third kappa shape index (κ3) is 4.78. The summed E-state index contributed by atoms with van der Waals surface area (Å²) in [5.74, 6) is 1.11. The molecule has 34 heavy (non-hydrogen) atoms. The number of aryl methyl sites for hydroxylation is 1. The van der Waals surface area contributed by atoms with Crippen molar-refractivity contribution < 1.29 is 14.2 Å². The zero-order chi connectivity index (χ0) is 23.3. The molecule has 0 aliphatic carbocycles. The Hall–Kier alpha value is -3.74. The van der Waals surface area contributed by atoms with Gasteiger partial charge in [0.1, 0.15) is 23.7 Å². The molecule has 0 spiro atoms. The summed E-state index contributed by atoms with van der Waals surface area (Å²) in [4.78, 5) is 19.9. The number of hydrogen-bond donors (Lipinski definition) is 0. The van der Waals surface area contributed by atoms with Gasteiger partial charge in [-0.15, -0.1) is 0 Å². The number of hydrogen-bond acceptors (Lipinski definition) is 6. The Morgan fingerprint density at radius 2 is 1.91 bits per heavy atom. The van der Waals surface area contributed by atoms with Gasteiger partial charge in [-0.2, -0.15) is 0 Å². The molecule has 7 nitrogen and oxygen atoms in total. The number of likely N-dealkylation sites (tertiary alicyclic amines) is 1. The van der Waals surface area contributed by atoms with Crippen molar-refractivity contribution in [1.82, 2.24) is 20.2 Å². The van der Waals surface area contributed by atoms with Gasteiger partial charge < -0.3 is 9.64 Å². The molecular weight excluding hydrogens is 428 g/mol. The summed E-state index contributed by atoms with van der Waals surface area (Å²) in [5, 5.41) is 8.87. The number of pyridine rings is 1. The van der Waals surface area contributed by atoms with Crippen molar-refractivity contribution in [2.75, 3.05) is 13.1 Å². The molecule has 3 heterocycles. The minimum Gasteiger partial charge on any atom is -0.486 e. The highest BCUT2D eigenvalue weighted by molar-refractivity contribution is 5.97. The molecule has 4 aromatic rings. The predicted octanol–water partition coefficient (Wildman–Crippen LogP) is 4.99. The average molecular weight is 457 g/mol. The van der Waals surface area contributed by atoms with Gasteiger partial charge >= 0.3 is 0 Å². The number of carbonyl (C=O) groups is 1. The summed E-state index contributed by atoms with van der Waals surface area (Å²) in [6.07, 6.45) is 5.99. The van der Waals surface area contributed by atoms with E-state index in [0.29, 0.717) is 28.6 Å². The molecule has 0 radical (unpaired) electrons. The molecule has 1 saturated heterocycles. The highest BCUT2D eigenvalue weighted by atomic mass is 16.6. The fourth-order valence-corrected chi connectivity index (χ4v) is 4.68. The lowest BCUT2D eigenvalue weighted by Gasteiger charge is -2.22. The topological polar surface area (TPSA) is 81.3 Å². The Bertz CT molecular complexity index is 1280. The molecule has 1 amide bonds. The van der Waals surface area contributed by atoms with Gasteiger partial charge in [-0.05, 0) is 68.4 Å². The predicted molar refractivity (Wildman–Crippen MR) is 129 cm³/mol. The number of rotatable bonds is 6. The Kier molecular flexibility index (Phi) is 6.51. The Labute approximate surface area is 198 Å². The maximum Gasteiger partial charge on any atom is 0.257 e. The minimum absolute atomic E-state index is 0.0145. The van der Waals surface area contributed by atoms with E-state index in [1.54, 1.807) is 0 Å². The number of nitrogens with zero attached hydrogens (tertiary/aromatic N) is 4. The lowest BCUT2D eigenvalue weighted by molar-refractivity contribution is 0.0755. The highest BCUT2D eigenvalue weighted by Gasteiger charge is 2.24. The number of fused-ring (bicyclic) bond motifs is 1. The van der Waals surface area contributed by atoms with Crippen molar-refractivity contribution >= 4 is 16.8 Å². The number of carbonyl (C=O) groups excluding carboxylic acids is 1. The first-order valence-electron chi connectivity index (χ1n) is 11.8. The van der Waals surface area contributed by atoms with E-state index in [1.165, 1.54) is 10.9 Å². The van der Waals surface area contributed by atoms with Crippen LogP contribution in [0.3, 0.4) is 0 Å². The van der Waals surface area contributed by atoms with Gasteiger partial charge in [0.25, 0.3) is 5.91 Å².